The number of hydrogen-bond donors (Lipinski definition) is 1. The number of aryl methyl sites for hydroxylation is 1. The first-order valence-electron chi connectivity index (χ1n) is 8.40. The largest absolute Gasteiger partial charge is 0.368 e. The molecular weight excluding hydrogens is 310 g/mol. The maximum absolute atomic E-state index is 12.7. The minimum absolute atomic E-state index is 0.142. The van der Waals surface area contributed by atoms with Gasteiger partial charge in [-0.15, -0.1) is 11.3 Å². The molecule has 0 aromatic carbocycles. The van der Waals surface area contributed by atoms with E-state index in [4.69, 9.17) is 5.73 Å². The molecule has 0 bridgehead atoms. The molecule has 126 valence electrons. The molecule has 2 amide bonds. The number of amides is 2. The second-order valence-corrected chi connectivity index (χ2v) is 7.95. The van der Waals surface area contributed by atoms with E-state index in [1.807, 2.05) is 16.7 Å². The molecule has 6 heteroatoms. The van der Waals surface area contributed by atoms with Gasteiger partial charge in [0.15, 0.2) is 0 Å². The normalized spacial score (nSPS) is 23.4. The molecule has 1 aliphatic carbocycles. The molecular formula is C17H25N3O2S. The van der Waals surface area contributed by atoms with Gasteiger partial charge in [-0.3, -0.25) is 14.5 Å². The highest BCUT2D eigenvalue weighted by molar-refractivity contribution is 7.14. The van der Waals surface area contributed by atoms with Crippen LogP contribution in [0.25, 0.3) is 0 Å². The molecule has 1 aliphatic heterocycles. The van der Waals surface area contributed by atoms with E-state index in [0.717, 1.165) is 23.6 Å². The summed E-state index contributed by atoms with van der Waals surface area (Å²) in [7, 11) is 0. The fourth-order valence-electron chi connectivity index (χ4n) is 3.46. The highest BCUT2D eigenvalue weighted by Crippen LogP contribution is 2.32. The van der Waals surface area contributed by atoms with Gasteiger partial charge >= 0.3 is 0 Å². The van der Waals surface area contributed by atoms with E-state index in [1.54, 1.807) is 11.3 Å². The number of carbonyl (C=O) groups excluding carboxylic acids is 2. The predicted molar refractivity (Wildman–Crippen MR) is 91.6 cm³/mol. The Morgan fingerprint density at radius 1 is 1.30 bits per heavy atom. The van der Waals surface area contributed by atoms with Crippen LogP contribution in [0.2, 0.25) is 0 Å². The predicted octanol–water partition coefficient (Wildman–Crippen LogP) is 1.50. The van der Waals surface area contributed by atoms with Gasteiger partial charge in [-0.2, -0.15) is 0 Å². The lowest BCUT2D eigenvalue weighted by Gasteiger charge is -2.36. The SMILES string of the molecule is C[C@@H]1CCc2sc(C(=O)N3CCN([C@@H](C)C(N)=O)CC3)cc2C1. The van der Waals surface area contributed by atoms with Gasteiger partial charge in [-0.1, -0.05) is 6.92 Å². The number of nitrogens with zero attached hydrogens (tertiary/aromatic N) is 2. The standard InChI is InChI=1S/C17H25N3O2S/c1-11-3-4-14-13(9-11)10-15(23-14)17(22)20-7-5-19(6-8-20)12(2)16(18)21/h10-12H,3-9H2,1-2H3,(H2,18,21)/t11-,12+/m1/s1. The van der Waals surface area contributed by atoms with E-state index in [2.05, 4.69) is 13.0 Å². The van der Waals surface area contributed by atoms with Crippen molar-refractivity contribution in [3.8, 4) is 0 Å². The molecule has 0 radical (unpaired) electrons. The molecule has 1 saturated heterocycles. The van der Waals surface area contributed by atoms with Gasteiger partial charge < -0.3 is 10.6 Å². The Kier molecular flexibility index (Phi) is 4.73. The van der Waals surface area contributed by atoms with Crippen LogP contribution in [0, 0.1) is 5.92 Å². The minimum Gasteiger partial charge on any atom is -0.368 e. The van der Waals surface area contributed by atoms with Crippen molar-refractivity contribution in [1.82, 2.24) is 9.80 Å². The van der Waals surface area contributed by atoms with Gasteiger partial charge in [0.2, 0.25) is 5.91 Å². The summed E-state index contributed by atoms with van der Waals surface area (Å²) < 4.78 is 0. The van der Waals surface area contributed by atoms with Gasteiger partial charge in [0.25, 0.3) is 5.91 Å². The molecule has 3 rings (SSSR count). The first kappa shape index (κ1) is 16.5. The zero-order valence-corrected chi connectivity index (χ0v) is 14.7. The Hall–Kier alpha value is -1.40. The van der Waals surface area contributed by atoms with Crippen LogP contribution < -0.4 is 5.73 Å². The first-order chi connectivity index (χ1) is 11.0. The lowest BCUT2D eigenvalue weighted by Crippen LogP contribution is -2.54. The number of primary amides is 1. The van der Waals surface area contributed by atoms with E-state index >= 15 is 0 Å². The molecule has 1 fully saturated rings. The van der Waals surface area contributed by atoms with E-state index in [1.165, 1.54) is 16.9 Å². The van der Waals surface area contributed by atoms with Crippen molar-refractivity contribution >= 4 is 23.2 Å². The lowest BCUT2D eigenvalue weighted by atomic mass is 9.90. The van der Waals surface area contributed by atoms with Gasteiger partial charge in [0, 0.05) is 31.1 Å². The van der Waals surface area contributed by atoms with Crippen LogP contribution in [0.15, 0.2) is 6.07 Å². The zero-order valence-electron chi connectivity index (χ0n) is 13.9. The summed E-state index contributed by atoms with van der Waals surface area (Å²) in [6.45, 7) is 6.84. The number of rotatable bonds is 3. The lowest BCUT2D eigenvalue weighted by molar-refractivity contribution is -0.123. The van der Waals surface area contributed by atoms with E-state index in [0.29, 0.717) is 26.2 Å². The molecule has 2 heterocycles. The van der Waals surface area contributed by atoms with E-state index in [-0.39, 0.29) is 17.9 Å². The molecule has 1 aromatic rings. The Balaban J connectivity index is 1.63. The monoisotopic (exact) mass is 335 g/mol. The number of piperazine rings is 1. The molecule has 23 heavy (non-hydrogen) atoms. The maximum atomic E-state index is 12.7. The average molecular weight is 335 g/mol. The van der Waals surface area contributed by atoms with Gasteiger partial charge in [0.05, 0.1) is 10.9 Å². The van der Waals surface area contributed by atoms with Crippen molar-refractivity contribution < 1.29 is 9.59 Å². The number of thiophene rings is 1. The summed E-state index contributed by atoms with van der Waals surface area (Å²) in [5, 5.41) is 0. The second-order valence-electron chi connectivity index (χ2n) is 6.81. The summed E-state index contributed by atoms with van der Waals surface area (Å²) in [6, 6.07) is 1.85. The maximum Gasteiger partial charge on any atom is 0.264 e. The second kappa shape index (κ2) is 6.61. The van der Waals surface area contributed by atoms with Crippen molar-refractivity contribution in [3.63, 3.8) is 0 Å². The Morgan fingerprint density at radius 3 is 2.65 bits per heavy atom. The summed E-state index contributed by atoms with van der Waals surface area (Å²) >= 11 is 1.67. The Labute approximate surface area is 141 Å². The molecule has 0 saturated carbocycles. The van der Waals surface area contributed by atoms with Crippen molar-refractivity contribution in [1.29, 1.82) is 0 Å². The molecule has 2 N–H and O–H groups in total. The number of carbonyl (C=O) groups is 2. The molecule has 5 nitrogen and oxygen atoms in total. The zero-order chi connectivity index (χ0) is 16.6. The Bertz CT molecular complexity index is 605. The third kappa shape index (κ3) is 3.43. The van der Waals surface area contributed by atoms with Crippen LogP contribution in [-0.4, -0.2) is 53.8 Å². The third-order valence-corrected chi connectivity index (χ3v) is 6.33. The minimum atomic E-state index is -0.301. The summed E-state index contributed by atoms with van der Waals surface area (Å²) in [5.41, 5.74) is 6.73. The fourth-order valence-corrected chi connectivity index (χ4v) is 4.64. The number of fused-ring (bicyclic) bond motifs is 1. The first-order valence-corrected chi connectivity index (χ1v) is 9.21. The van der Waals surface area contributed by atoms with Crippen LogP contribution in [-0.2, 0) is 17.6 Å². The van der Waals surface area contributed by atoms with E-state index < -0.39 is 0 Å². The van der Waals surface area contributed by atoms with Crippen LogP contribution in [0.4, 0.5) is 0 Å². The van der Waals surface area contributed by atoms with Crippen LogP contribution in [0.1, 0.15) is 40.4 Å². The fraction of sp³-hybridized carbons (Fsp3) is 0.647. The molecule has 2 aliphatic rings. The number of hydrogen-bond acceptors (Lipinski definition) is 4. The molecule has 0 unspecified atom stereocenters. The topological polar surface area (TPSA) is 66.6 Å². The van der Waals surface area contributed by atoms with Crippen LogP contribution in [0.3, 0.4) is 0 Å². The number of nitrogens with two attached hydrogens (primary N) is 1. The summed E-state index contributed by atoms with van der Waals surface area (Å²) in [6.07, 6.45) is 3.44. The smallest absolute Gasteiger partial charge is 0.264 e. The van der Waals surface area contributed by atoms with Crippen molar-refractivity contribution in [2.45, 2.75) is 39.2 Å². The Morgan fingerprint density at radius 2 is 2.00 bits per heavy atom. The van der Waals surface area contributed by atoms with Crippen molar-refractivity contribution in [3.05, 3.63) is 21.4 Å². The van der Waals surface area contributed by atoms with Crippen molar-refractivity contribution in [2.75, 3.05) is 26.2 Å². The molecule has 0 spiro atoms. The highest BCUT2D eigenvalue weighted by atomic mass is 32.1. The van der Waals surface area contributed by atoms with Crippen LogP contribution in [0.5, 0.6) is 0 Å². The summed E-state index contributed by atoms with van der Waals surface area (Å²) in [5.74, 6) is 0.562. The van der Waals surface area contributed by atoms with Gasteiger partial charge in [-0.05, 0) is 43.7 Å². The third-order valence-electron chi connectivity index (χ3n) is 5.10. The van der Waals surface area contributed by atoms with Crippen LogP contribution >= 0.6 is 11.3 Å². The highest BCUT2D eigenvalue weighted by Gasteiger charge is 2.28. The quantitative estimate of drug-likeness (QED) is 0.910. The van der Waals surface area contributed by atoms with Crippen molar-refractivity contribution in [2.24, 2.45) is 11.7 Å². The molecule has 2 atom stereocenters. The van der Waals surface area contributed by atoms with Gasteiger partial charge in [-0.25, -0.2) is 0 Å². The summed E-state index contributed by atoms with van der Waals surface area (Å²) in [4.78, 5) is 30.2. The van der Waals surface area contributed by atoms with Gasteiger partial charge in [0.1, 0.15) is 0 Å². The molecule has 1 aromatic heterocycles. The van der Waals surface area contributed by atoms with E-state index in [9.17, 15) is 9.59 Å². The average Bonchev–Trinajstić information content (AvgIpc) is 2.96.